The summed E-state index contributed by atoms with van der Waals surface area (Å²) in [5, 5.41) is 26.3. The highest BCUT2D eigenvalue weighted by atomic mass is 32.2. The normalized spacial score (nSPS) is 17.9. The first-order valence-corrected chi connectivity index (χ1v) is 17.4. The van der Waals surface area contributed by atoms with Crippen LogP contribution in [0.5, 0.6) is 0 Å². The molecule has 2 unspecified atom stereocenters. The Morgan fingerprint density at radius 3 is 2.36 bits per heavy atom. The van der Waals surface area contributed by atoms with E-state index in [2.05, 4.69) is 26.7 Å². The number of aliphatic hydroxyl groups excluding tert-OH is 1. The topological polar surface area (TPSA) is 165 Å². The van der Waals surface area contributed by atoms with Crippen LogP contribution in [0, 0.1) is 29.1 Å². The molecule has 1 fully saturated rings. The average molecular weight is 628 g/mol. The summed E-state index contributed by atoms with van der Waals surface area (Å²) in [4.78, 5) is 34.8. The van der Waals surface area contributed by atoms with Gasteiger partial charge in [-0.2, -0.15) is 5.26 Å². The van der Waals surface area contributed by atoms with Gasteiger partial charge in [0.2, 0.25) is 11.8 Å². The van der Waals surface area contributed by atoms with Gasteiger partial charge in [0.1, 0.15) is 6.04 Å². The summed E-state index contributed by atoms with van der Waals surface area (Å²) in [6.45, 7) is 6.57. The summed E-state index contributed by atoms with van der Waals surface area (Å²) in [6, 6.07) is 9.73. The molecule has 3 rings (SSSR count). The summed E-state index contributed by atoms with van der Waals surface area (Å²) in [5.41, 5.74) is 1.43. The number of carbonyl (C=O) groups excluding carboxylic acids is 2. The van der Waals surface area contributed by atoms with E-state index in [1.165, 1.54) is 12.7 Å². The molecule has 11 heteroatoms. The number of aliphatic hydroxyl groups is 1. The van der Waals surface area contributed by atoms with Crippen LogP contribution in [-0.2, 0) is 32.3 Å². The number of carbonyl (C=O) groups is 2. The molecule has 1 aromatic heterocycles. The zero-order chi connectivity index (χ0) is 32.3. The van der Waals surface area contributed by atoms with Crippen molar-refractivity contribution in [3.05, 3.63) is 54.1 Å². The largest absolute Gasteiger partial charge is 0.391 e. The van der Waals surface area contributed by atoms with Crippen LogP contribution >= 0.6 is 0 Å². The second kappa shape index (κ2) is 16.2. The number of aromatic amines is 1. The Morgan fingerprint density at radius 2 is 1.77 bits per heavy atom. The van der Waals surface area contributed by atoms with Crippen molar-refractivity contribution in [2.75, 3.05) is 5.75 Å². The summed E-state index contributed by atoms with van der Waals surface area (Å²) < 4.78 is 25.4. The summed E-state index contributed by atoms with van der Waals surface area (Å²) in [5.74, 6) is -2.36. The Labute approximate surface area is 262 Å². The number of amides is 2. The fourth-order valence-corrected chi connectivity index (χ4v) is 7.01. The SMILES string of the molecule is C[C@@H](C#N)C[C@H](O)[C@H](CC1CCCCC1)NC(=O)C(Cc1cnc[nH]1)NC(=O)C(Cc1ccccc1)CS(=O)(=O)C(C)(C)C. The molecule has 4 N–H and O–H groups in total. The van der Waals surface area contributed by atoms with E-state index in [4.69, 9.17) is 0 Å². The van der Waals surface area contributed by atoms with Crippen LogP contribution < -0.4 is 10.6 Å². The van der Waals surface area contributed by atoms with Crippen LogP contribution in [0.1, 0.15) is 83.9 Å². The number of hydrogen-bond acceptors (Lipinski definition) is 7. The highest BCUT2D eigenvalue weighted by Crippen LogP contribution is 2.29. The predicted molar refractivity (Wildman–Crippen MR) is 170 cm³/mol. The molecule has 1 aliphatic carbocycles. The molecule has 44 heavy (non-hydrogen) atoms. The second-order valence-electron chi connectivity index (χ2n) is 13.3. The molecular formula is C33H49N5O5S. The quantitative estimate of drug-likeness (QED) is 0.233. The molecule has 242 valence electrons. The number of benzene rings is 1. The standard InChI is InChI=1S/C33H49N5O5S/c1-23(19-34)15-30(39)28(17-25-13-9-6-10-14-25)37-32(41)29(18-27-20-35-22-36-27)38-31(40)26(16-24-11-7-5-8-12-24)21-44(42,43)33(2,3)4/h5,7-8,11-12,20,22-23,25-26,28-30,39H,6,9-10,13-18,21H2,1-4H3,(H,35,36)(H,37,41)(H,38,40)/t23-,26?,28+,29?,30+/m1/s1. The summed E-state index contributed by atoms with van der Waals surface area (Å²) >= 11 is 0. The Bertz CT molecular complexity index is 1330. The molecule has 0 aliphatic heterocycles. The van der Waals surface area contributed by atoms with Gasteiger partial charge in [-0.05, 0) is 58.4 Å². The van der Waals surface area contributed by atoms with Gasteiger partial charge in [-0.25, -0.2) is 13.4 Å². The van der Waals surface area contributed by atoms with Gasteiger partial charge in [-0.1, -0.05) is 62.4 Å². The minimum Gasteiger partial charge on any atom is -0.391 e. The first-order valence-electron chi connectivity index (χ1n) is 15.7. The van der Waals surface area contributed by atoms with Gasteiger partial charge in [-0.3, -0.25) is 9.59 Å². The van der Waals surface area contributed by atoms with Crippen LogP contribution in [0.4, 0.5) is 0 Å². The molecular weight excluding hydrogens is 578 g/mol. The maximum Gasteiger partial charge on any atom is 0.243 e. The van der Waals surface area contributed by atoms with Crippen LogP contribution in [0.25, 0.3) is 0 Å². The number of rotatable bonds is 15. The molecule has 2 aromatic rings. The van der Waals surface area contributed by atoms with E-state index in [1.807, 2.05) is 30.3 Å². The third-order valence-electron chi connectivity index (χ3n) is 8.58. The zero-order valence-corrected chi connectivity index (χ0v) is 27.3. The van der Waals surface area contributed by atoms with E-state index in [9.17, 15) is 28.4 Å². The van der Waals surface area contributed by atoms with E-state index in [0.717, 1.165) is 31.2 Å². The van der Waals surface area contributed by atoms with E-state index < -0.39 is 50.5 Å². The lowest BCUT2D eigenvalue weighted by molar-refractivity contribution is -0.131. The zero-order valence-electron chi connectivity index (χ0n) is 26.5. The lowest BCUT2D eigenvalue weighted by atomic mass is 9.82. The molecule has 0 spiro atoms. The van der Waals surface area contributed by atoms with Crippen LogP contribution in [0.15, 0.2) is 42.9 Å². The first-order chi connectivity index (χ1) is 20.8. The Hall–Kier alpha value is -3.23. The number of nitriles is 1. The lowest BCUT2D eigenvalue weighted by Crippen LogP contribution is -2.55. The highest BCUT2D eigenvalue weighted by molar-refractivity contribution is 7.92. The molecule has 0 saturated heterocycles. The van der Waals surface area contributed by atoms with Crippen molar-refractivity contribution in [3.63, 3.8) is 0 Å². The molecule has 2 amide bonds. The highest BCUT2D eigenvalue weighted by Gasteiger charge is 2.36. The minimum atomic E-state index is -3.67. The fraction of sp³-hybridized carbons (Fsp3) is 0.636. The Balaban J connectivity index is 1.86. The van der Waals surface area contributed by atoms with Crippen LogP contribution in [-0.4, -0.2) is 64.0 Å². The van der Waals surface area contributed by atoms with Gasteiger partial charge in [0.15, 0.2) is 9.84 Å². The molecule has 1 heterocycles. The summed E-state index contributed by atoms with van der Waals surface area (Å²) in [6.07, 6.45) is 8.64. The number of sulfone groups is 1. The molecule has 10 nitrogen and oxygen atoms in total. The molecule has 1 saturated carbocycles. The van der Waals surface area contributed by atoms with Crippen molar-refractivity contribution in [1.29, 1.82) is 5.26 Å². The summed E-state index contributed by atoms with van der Waals surface area (Å²) in [7, 11) is -3.67. The van der Waals surface area contributed by atoms with E-state index in [-0.39, 0.29) is 30.9 Å². The monoisotopic (exact) mass is 627 g/mol. The van der Waals surface area contributed by atoms with E-state index in [0.29, 0.717) is 18.0 Å². The van der Waals surface area contributed by atoms with Crippen molar-refractivity contribution in [2.45, 2.75) is 108 Å². The smallest absolute Gasteiger partial charge is 0.243 e. The van der Waals surface area contributed by atoms with Gasteiger partial charge in [-0.15, -0.1) is 0 Å². The maximum absolute atomic E-state index is 13.9. The molecule has 1 aliphatic rings. The van der Waals surface area contributed by atoms with Gasteiger partial charge >= 0.3 is 0 Å². The number of nitrogens with zero attached hydrogens (tertiary/aromatic N) is 2. The third-order valence-corrected chi connectivity index (χ3v) is 11.3. The Morgan fingerprint density at radius 1 is 1.09 bits per heavy atom. The van der Waals surface area contributed by atoms with Gasteiger partial charge < -0.3 is 20.7 Å². The van der Waals surface area contributed by atoms with Gasteiger partial charge in [0.05, 0.1) is 41.0 Å². The van der Waals surface area contributed by atoms with Crippen LogP contribution in [0.2, 0.25) is 0 Å². The molecule has 0 radical (unpaired) electrons. The van der Waals surface area contributed by atoms with E-state index in [1.54, 1.807) is 33.9 Å². The van der Waals surface area contributed by atoms with Crippen LogP contribution in [0.3, 0.4) is 0 Å². The Kier molecular flexibility index (Phi) is 13.0. The van der Waals surface area contributed by atoms with Crippen molar-refractivity contribution >= 4 is 21.7 Å². The maximum atomic E-state index is 13.9. The van der Waals surface area contributed by atoms with Crippen molar-refractivity contribution < 1.29 is 23.1 Å². The van der Waals surface area contributed by atoms with E-state index >= 15 is 0 Å². The second-order valence-corrected chi connectivity index (χ2v) is 16.1. The van der Waals surface area contributed by atoms with Gasteiger partial charge in [0.25, 0.3) is 0 Å². The average Bonchev–Trinajstić information content (AvgIpc) is 3.49. The molecule has 1 aromatic carbocycles. The number of hydrogen-bond donors (Lipinski definition) is 4. The third kappa shape index (κ3) is 10.7. The minimum absolute atomic E-state index is 0.0997. The number of imidazole rings is 1. The lowest BCUT2D eigenvalue weighted by Gasteiger charge is -2.32. The fourth-order valence-electron chi connectivity index (χ4n) is 5.71. The molecule has 5 atom stereocenters. The first kappa shape index (κ1) is 35.3. The molecule has 0 bridgehead atoms. The predicted octanol–water partition coefficient (Wildman–Crippen LogP) is 3.88. The number of H-pyrrole nitrogens is 1. The number of nitrogens with one attached hydrogen (secondary N) is 3. The number of aromatic nitrogens is 2. The van der Waals surface area contributed by atoms with Crippen molar-refractivity contribution in [3.8, 4) is 6.07 Å². The van der Waals surface area contributed by atoms with Crippen molar-refractivity contribution in [2.24, 2.45) is 17.8 Å². The van der Waals surface area contributed by atoms with Crippen molar-refractivity contribution in [1.82, 2.24) is 20.6 Å². The van der Waals surface area contributed by atoms with Gasteiger partial charge in [0, 0.05) is 24.2 Å².